The van der Waals surface area contributed by atoms with Crippen molar-refractivity contribution in [3.8, 4) is 0 Å². The van der Waals surface area contributed by atoms with Crippen molar-refractivity contribution in [3.63, 3.8) is 0 Å². The average molecular weight is 248 g/mol. The molecule has 0 aliphatic rings. The smallest absolute Gasteiger partial charge is 0.257 e. The first kappa shape index (κ1) is 10.6. The van der Waals surface area contributed by atoms with Gasteiger partial charge in [-0.3, -0.25) is 4.98 Å². The lowest BCUT2D eigenvalue weighted by atomic mass is 9.97. The molecule has 3 heteroatoms. The molecule has 0 radical (unpaired) electrons. The van der Waals surface area contributed by atoms with E-state index in [1.807, 2.05) is 13.4 Å². The number of rotatable bonds is 0. The third-order valence-corrected chi connectivity index (χ3v) is 3.98. The highest BCUT2D eigenvalue weighted by Crippen LogP contribution is 2.34. The van der Waals surface area contributed by atoms with Crippen LogP contribution in [0.1, 0.15) is 11.4 Å². The largest absolute Gasteiger partial charge is 0.287 e. The molecule has 0 bridgehead atoms. The average Bonchev–Trinajstić information content (AvgIpc) is 2.41. The molecule has 2 aromatic carbocycles. The summed E-state index contributed by atoms with van der Waals surface area (Å²) in [7, 11) is 2.04. The maximum Gasteiger partial charge on any atom is 0.287 e. The van der Waals surface area contributed by atoms with Crippen LogP contribution < -0.4 is 4.57 Å². The van der Waals surface area contributed by atoms with E-state index in [1.54, 1.807) is 0 Å². The Hall–Kier alpha value is -2.29. The molecule has 0 unspecified atom stereocenters. The van der Waals surface area contributed by atoms with Crippen molar-refractivity contribution >= 4 is 32.6 Å². The van der Waals surface area contributed by atoms with Gasteiger partial charge in [0.2, 0.25) is 0 Å². The van der Waals surface area contributed by atoms with Crippen LogP contribution in [0.2, 0.25) is 0 Å². The molecule has 0 aliphatic heterocycles. The van der Waals surface area contributed by atoms with E-state index in [0.29, 0.717) is 0 Å². The van der Waals surface area contributed by atoms with Crippen molar-refractivity contribution < 1.29 is 4.57 Å². The lowest BCUT2D eigenvalue weighted by molar-refractivity contribution is -0.647. The van der Waals surface area contributed by atoms with E-state index in [2.05, 4.69) is 52.6 Å². The quantitative estimate of drug-likeness (QED) is 0.354. The van der Waals surface area contributed by atoms with E-state index in [4.69, 9.17) is 0 Å². The van der Waals surface area contributed by atoms with Crippen LogP contribution in [-0.2, 0) is 7.05 Å². The maximum atomic E-state index is 4.65. The lowest BCUT2D eigenvalue weighted by Gasteiger charge is -2.11. The van der Waals surface area contributed by atoms with Crippen LogP contribution in [0.3, 0.4) is 0 Å². The topological polar surface area (TPSA) is 29.7 Å². The second-order valence-electron chi connectivity index (χ2n) is 5.15. The van der Waals surface area contributed by atoms with Gasteiger partial charge in [0.15, 0.2) is 5.52 Å². The van der Waals surface area contributed by atoms with Crippen molar-refractivity contribution in [1.82, 2.24) is 9.97 Å². The molecule has 2 aromatic heterocycles. The second kappa shape index (κ2) is 3.38. The molecule has 0 saturated carbocycles. The summed E-state index contributed by atoms with van der Waals surface area (Å²) in [5, 5.41) is 5.00. The summed E-state index contributed by atoms with van der Waals surface area (Å²) >= 11 is 0. The third kappa shape index (κ3) is 1.24. The van der Waals surface area contributed by atoms with Gasteiger partial charge in [0.05, 0.1) is 12.4 Å². The van der Waals surface area contributed by atoms with Crippen molar-refractivity contribution in [2.45, 2.75) is 13.8 Å². The Balaban J connectivity index is 2.47. The fourth-order valence-corrected chi connectivity index (χ4v) is 3.05. The Kier molecular flexibility index (Phi) is 1.89. The van der Waals surface area contributed by atoms with Gasteiger partial charge in [-0.05, 0) is 43.1 Å². The van der Waals surface area contributed by atoms with Crippen molar-refractivity contribution in [2.24, 2.45) is 7.05 Å². The summed E-state index contributed by atoms with van der Waals surface area (Å²) in [6.07, 6.45) is 1.87. The van der Waals surface area contributed by atoms with E-state index < -0.39 is 0 Å². The molecule has 0 saturated heterocycles. The fourth-order valence-electron chi connectivity index (χ4n) is 3.05. The predicted molar refractivity (Wildman–Crippen MR) is 76.4 cm³/mol. The van der Waals surface area contributed by atoms with Gasteiger partial charge in [-0.25, -0.2) is 4.57 Å². The number of benzene rings is 2. The van der Waals surface area contributed by atoms with E-state index in [-0.39, 0.29) is 0 Å². The summed E-state index contributed by atoms with van der Waals surface area (Å²) in [4.78, 5) is 9.19. The first-order valence-electron chi connectivity index (χ1n) is 6.43. The molecule has 2 heterocycles. The summed E-state index contributed by atoms with van der Waals surface area (Å²) in [5.41, 5.74) is 4.45. The normalized spacial score (nSPS) is 11.9. The molecule has 92 valence electrons. The van der Waals surface area contributed by atoms with Gasteiger partial charge in [-0.1, -0.05) is 0 Å². The molecular formula is C16H14N3+. The van der Waals surface area contributed by atoms with Gasteiger partial charge in [-0.15, -0.1) is 0 Å². The minimum atomic E-state index is 1.05. The maximum absolute atomic E-state index is 4.65. The van der Waals surface area contributed by atoms with Crippen LogP contribution in [0.25, 0.3) is 32.6 Å². The van der Waals surface area contributed by atoms with Gasteiger partial charge in [-0.2, -0.15) is 0 Å². The first-order valence-corrected chi connectivity index (χ1v) is 6.43. The van der Waals surface area contributed by atoms with Crippen LogP contribution in [0.5, 0.6) is 0 Å². The highest BCUT2D eigenvalue weighted by molar-refractivity contribution is 6.21. The minimum Gasteiger partial charge on any atom is -0.257 e. The zero-order valence-corrected chi connectivity index (χ0v) is 11.2. The highest BCUT2D eigenvalue weighted by atomic mass is 15.0. The second-order valence-corrected chi connectivity index (χ2v) is 5.15. The molecule has 0 spiro atoms. The van der Waals surface area contributed by atoms with Gasteiger partial charge in [0.25, 0.3) is 6.33 Å². The number of hydrogen-bond donors (Lipinski definition) is 0. The number of hydrogen-bond acceptors (Lipinski definition) is 2. The van der Waals surface area contributed by atoms with Crippen LogP contribution >= 0.6 is 0 Å². The Labute approximate surface area is 110 Å². The molecule has 4 rings (SSSR count). The molecule has 4 aromatic rings. The molecule has 0 N–H and O–H groups in total. The zero-order chi connectivity index (χ0) is 13.1. The number of aromatic nitrogens is 3. The SMILES string of the molecule is Cc1nc(C)c2ccc3c4c(ccc1c24)nc[n+]3C. The standard InChI is InChI=1S/C16H14N3/c1-9-11-4-6-13-16-14(19(3)8-17-13)7-5-12(15(11)16)10(2)18-9/h4-8H,1-3H3/q+1. The Morgan fingerprint density at radius 1 is 0.895 bits per heavy atom. The van der Waals surface area contributed by atoms with E-state index >= 15 is 0 Å². The molecule has 0 aliphatic carbocycles. The number of pyridine rings is 1. The van der Waals surface area contributed by atoms with Crippen LogP contribution in [0.4, 0.5) is 0 Å². The summed E-state index contributed by atoms with van der Waals surface area (Å²) in [6, 6.07) is 8.56. The fraction of sp³-hybridized carbons (Fsp3) is 0.188. The molecule has 19 heavy (non-hydrogen) atoms. The van der Waals surface area contributed by atoms with Crippen molar-refractivity contribution in [1.29, 1.82) is 0 Å². The summed E-state index contributed by atoms with van der Waals surface area (Å²) in [6.45, 7) is 4.15. The van der Waals surface area contributed by atoms with Crippen molar-refractivity contribution in [2.75, 3.05) is 0 Å². The Morgan fingerprint density at radius 2 is 1.58 bits per heavy atom. The molecule has 0 amide bonds. The van der Waals surface area contributed by atoms with Gasteiger partial charge in [0, 0.05) is 27.5 Å². The van der Waals surface area contributed by atoms with E-state index in [1.165, 1.54) is 27.1 Å². The van der Waals surface area contributed by atoms with Crippen LogP contribution in [-0.4, -0.2) is 9.97 Å². The molecular weight excluding hydrogens is 234 g/mol. The summed E-state index contributed by atoms with van der Waals surface area (Å²) in [5.74, 6) is 0. The van der Waals surface area contributed by atoms with E-state index in [9.17, 15) is 0 Å². The Bertz CT molecular complexity index is 919. The minimum absolute atomic E-state index is 1.05. The third-order valence-electron chi connectivity index (χ3n) is 3.98. The highest BCUT2D eigenvalue weighted by Gasteiger charge is 2.17. The predicted octanol–water partition coefficient (Wildman–Crippen LogP) is 2.82. The van der Waals surface area contributed by atoms with Gasteiger partial charge in [0.1, 0.15) is 5.52 Å². The zero-order valence-electron chi connectivity index (χ0n) is 11.2. The van der Waals surface area contributed by atoms with Crippen LogP contribution in [0, 0.1) is 13.8 Å². The van der Waals surface area contributed by atoms with Gasteiger partial charge >= 0.3 is 0 Å². The molecule has 0 fully saturated rings. The molecule has 3 nitrogen and oxygen atoms in total. The van der Waals surface area contributed by atoms with Crippen molar-refractivity contribution in [3.05, 3.63) is 42.0 Å². The number of aryl methyl sites for hydroxylation is 3. The van der Waals surface area contributed by atoms with Gasteiger partial charge < -0.3 is 0 Å². The first-order chi connectivity index (χ1) is 9.16. The number of nitrogens with zero attached hydrogens (tertiary/aromatic N) is 3. The summed E-state index contributed by atoms with van der Waals surface area (Å²) < 4.78 is 2.08. The molecule has 0 atom stereocenters. The van der Waals surface area contributed by atoms with E-state index in [0.717, 1.165) is 16.9 Å². The lowest BCUT2D eigenvalue weighted by Crippen LogP contribution is -2.29. The monoisotopic (exact) mass is 248 g/mol. The Morgan fingerprint density at radius 3 is 2.32 bits per heavy atom. The van der Waals surface area contributed by atoms with Crippen LogP contribution in [0.15, 0.2) is 30.6 Å².